The van der Waals surface area contributed by atoms with Crippen molar-refractivity contribution in [2.75, 3.05) is 6.54 Å². The molecule has 0 saturated heterocycles. The monoisotopic (exact) mass is 298 g/mol. The van der Waals surface area contributed by atoms with Crippen molar-refractivity contribution in [1.82, 2.24) is 10.3 Å². The van der Waals surface area contributed by atoms with Crippen LogP contribution in [0.4, 0.5) is 8.78 Å². The average molecular weight is 298 g/mol. The first-order chi connectivity index (χ1) is 9.69. The third-order valence-electron chi connectivity index (χ3n) is 2.57. The summed E-state index contributed by atoms with van der Waals surface area (Å²) in [6.45, 7) is 3.89. The maximum atomic E-state index is 13.4. The molecule has 0 saturated carbocycles. The first-order valence-electron chi connectivity index (χ1n) is 6.41. The SMILES string of the molecule is CCCNCc1nc(COc2cc(F)ccc2F)cs1. The number of aromatic nitrogens is 1. The summed E-state index contributed by atoms with van der Waals surface area (Å²) < 4.78 is 31.6. The Morgan fingerprint density at radius 3 is 3.00 bits per heavy atom. The van der Waals surface area contributed by atoms with Crippen LogP contribution in [0.1, 0.15) is 24.0 Å². The van der Waals surface area contributed by atoms with Gasteiger partial charge < -0.3 is 10.1 Å². The van der Waals surface area contributed by atoms with E-state index in [1.165, 1.54) is 11.3 Å². The Bertz CT molecular complexity index is 560. The highest BCUT2D eigenvalue weighted by Gasteiger charge is 2.07. The predicted molar refractivity (Wildman–Crippen MR) is 74.8 cm³/mol. The maximum absolute atomic E-state index is 13.4. The van der Waals surface area contributed by atoms with Crippen molar-refractivity contribution in [3.63, 3.8) is 0 Å². The van der Waals surface area contributed by atoms with Gasteiger partial charge in [-0.05, 0) is 25.1 Å². The van der Waals surface area contributed by atoms with E-state index >= 15 is 0 Å². The van der Waals surface area contributed by atoms with E-state index in [0.717, 1.165) is 36.2 Å². The molecule has 2 aromatic rings. The molecule has 1 aromatic carbocycles. The maximum Gasteiger partial charge on any atom is 0.165 e. The molecule has 108 valence electrons. The van der Waals surface area contributed by atoms with Crippen molar-refractivity contribution in [3.05, 3.63) is 45.9 Å². The molecule has 1 heterocycles. The van der Waals surface area contributed by atoms with E-state index in [1.54, 1.807) is 0 Å². The summed E-state index contributed by atoms with van der Waals surface area (Å²) in [5.41, 5.74) is 0.715. The summed E-state index contributed by atoms with van der Waals surface area (Å²) in [5, 5.41) is 6.07. The highest BCUT2D eigenvalue weighted by Crippen LogP contribution is 2.20. The van der Waals surface area contributed by atoms with Gasteiger partial charge in [-0.2, -0.15) is 0 Å². The number of halogens is 2. The summed E-state index contributed by atoms with van der Waals surface area (Å²) in [5.74, 6) is -1.20. The van der Waals surface area contributed by atoms with Crippen LogP contribution < -0.4 is 10.1 Å². The number of thiazole rings is 1. The van der Waals surface area contributed by atoms with Gasteiger partial charge in [0.05, 0.1) is 5.69 Å². The van der Waals surface area contributed by atoms with Gasteiger partial charge in [0.1, 0.15) is 17.4 Å². The van der Waals surface area contributed by atoms with Crippen LogP contribution >= 0.6 is 11.3 Å². The molecule has 1 N–H and O–H groups in total. The molecule has 0 unspecified atom stereocenters. The lowest BCUT2D eigenvalue weighted by molar-refractivity contribution is 0.284. The van der Waals surface area contributed by atoms with Crippen LogP contribution in [0.5, 0.6) is 5.75 Å². The van der Waals surface area contributed by atoms with Gasteiger partial charge in [0.15, 0.2) is 11.6 Å². The summed E-state index contributed by atoms with van der Waals surface area (Å²) in [6.07, 6.45) is 1.07. The molecule has 0 bridgehead atoms. The van der Waals surface area contributed by atoms with Crippen LogP contribution in [0.2, 0.25) is 0 Å². The molecule has 20 heavy (non-hydrogen) atoms. The summed E-state index contributed by atoms with van der Waals surface area (Å²) >= 11 is 1.52. The Hall–Kier alpha value is -1.53. The fourth-order valence-corrected chi connectivity index (χ4v) is 2.36. The Kier molecular flexibility index (Phi) is 5.43. The lowest BCUT2D eigenvalue weighted by atomic mass is 10.3. The first-order valence-corrected chi connectivity index (χ1v) is 7.29. The van der Waals surface area contributed by atoms with E-state index in [1.807, 2.05) is 5.38 Å². The highest BCUT2D eigenvalue weighted by atomic mass is 32.1. The minimum absolute atomic E-state index is 0.0938. The van der Waals surface area contributed by atoms with Crippen LogP contribution in [0, 0.1) is 11.6 Å². The van der Waals surface area contributed by atoms with E-state index in [4.69, 9.17) is 4.74 Å². The van der Waals surface area contributed by atoms with Crippen LogP contribution in [-0.4, -0.2) is 11.5 Å². The fourth-order valence-electron chi connectivity index (χ4n) is 1.61. The molecule has 0 aliphatic heterocycles. The van der Waals surface area contributed by atoms with Crippen LogP contribution in [-0.2, 0) is 13.2 Å². The molecule has 0 atom stereocenters. The average Bonchev–Trinajstić information content (AvgIpc) is 2.88. The molecule has 3 nitrogen and oxygen atoms in total. The summed E-state index contributed by atoms with van der Waals surface area (Å²) in [6, 6.07) is 3.14. The Labute approximate surface area is 120 Å². The quantitative estimate of drug-likeness (QED) is 0.794. The molecule has 1 aromatic heterocycles. The minimum atomic E-state index is -0.577. The van der Waals surface area contributed by atoms with Gasteiger partial charge in [-0.3, -0.25) is 0 Å². The second-order valence-electron chi connectivity index (χ2n) is 4.27. The van der Waals surface area contributed by atoms with Gasteiger partial charge in [-0.15, -0.1) is 11.3 Å². The minimum Gasteiger partial charge on any atom is -0.484 e. The lowest BCUT2D eigenvalue weighted by Gasteiger charge is -2.05. The van der Waals surface area contributed by atoms with Gasteiger partial charge in [0, 0.05) is 18.0 Å². The van der Waals surface area contributed by atoms with E-state index < -0.39 is 11.6 Å². The van der Waals surface area contributed by atoms with Crippen LogP contribution in [0.25, 0.3) is 0 Å². The predicted octanol–water partition coefficient (Wildman–Crippen LogP) is 3.50. The van der Waals surface area contributed by atoms with E-state index in [9.17, 15) is 8.78 Å². The lowest BCUT2D eigenvalue weighted by Crippen LogP contribution is -2.13. The first kappa shape index (κ1) is 14.9. The Morgan fingerprint density at radius 1 is 1.35 bits per heavy atom. The fraction of sp³-hybridized carbons (Fsp3) is 0.357. The number of ether oxygens (including phenoxy) is 1. The standard InChI is InChI=1S/C14H16F2N2OS/c1-2-5-17-7-14-18-11(9-20-14)8-19-13-6-10(15)3-4-12(13)16/h3-4,6,9,17H,2,5,7-8H2,1H3. The number of hydrogen-bond acceptors (Lipinski definition) is 4. The Morgan fingerprint density at radius 2 is 2.20 bits per heavy atom. The molecule has 0 aliphatic carbocycles. The van der Waals surface area contributed by atoms with E-state index in [-0.39, 0.29) is 12.4 Å². The summed E-state index contributed by atoms with van der Waals surface area (Å²) in [7, 11) is 0. The van der Waals surface area contributed by atoms with Crippen molar-refractivity contribution in [2.24, 2.45) is 0 Å². The molecule has 0 radical (unpaired) electrons. The van der Waals surface area contributed by atoms with Gasteiger partial charge in [0.25, 0.3) is 0 Å². The van der Waals surface area contributed by atoms with Gasteiger partial charge in [-0.1, -0.05) is 6.92 Å². The van der Waals surface area contributed by atoms with Crippen molar-refractivity contribution in [1.29, 1.82) is 0 Å². The second-order valence-corrected chi connectivity index (χ2v) is 5.22. The third kappa shape index (κ3) is 4.25. The molecular weight excluding hydrogens is 282 g/mol. The molecular formula is C14H16F2N2OS. The number of rotatable bonds is 7. The van der Waals surface area contributed by atoms with Crippen LogP contribution in [0.3, 0.4) is 0 Å². The van der Waals surface area contributed by atoms with Gasteiger partial charge >= 0.3 is 0 Å². The highest BCUT2D eigenvalue weighted by molar-refractivity contribution is 7.09. The zero-order chi connectivity index (χ0) is 14.4. The molecule has 6 heteroatoms. The third-order valence-corrected chi connectivity index (χ3v) is 3.47. The van der Waals surface area contributed by atoms with Crippen molar-refractivity contribution in [3.8, 4) is 5.75 Å². The van der Waals surface area contributed by atoms with Crippen molar-refractivity contribution < 1.29 is 13.5 Å². The van der Waals surface area contributed by atoms with Crippen LogP contribution in [0.15, 0.2) is 23.6 Å². The number of benzene rings is 1. The second kappa shape index (κ2) is 7.31. The number of hydrogen-bond donors (Lipinski definition) is 1. The van der Waals surface area contributed by atoms with Gasteiger partial charge in [-0.25, -0.2) is 13.8 Å². The van der Waals surface area contributed by atoms with Crippen molar-refractivity contribution in [2.45, 2.75) is 26.5 Å². The molecule has 0 fully saturated rings. The largest absolute Gasteiger partial charge is 0.484 e. The smallest absolute Gasteiger partial charge is 0.165 e. The topological polar surface area (TPSA) is 34.2 Å². The zero-order valence-corrected chi connectivity index (χ0v) is 12.0. The van der Waals surface area contributed by atoms with E-state index in [0.29, 0.717) is 12.2 Å². The Balaban J connectivity index is 1.89. The van der Waals surface area contributed by atoms with E-state index in [2.05, 4.69) is 17.2 Å². The molecule has 0 spiro atoms. The number of nitrogens with one attached hydrogen (secondary N) is 1. The molecule has 0 aliphatic rings. The zero-order valence-electron chi connectivity index (χ0n) is 11.2. The molecule has 2 rings (SSSR count). The normalized spacial score (nSPS) is 10.8. The molecule has 0 amide bonds. The van der Waals surface area contributed by atoms with Crippen molar-refractivity contribution >= 4 is 11.3 Å². The summed E-state index contributed by atoms with van der Waals surface area (Å²) in [4.78, 5) is 4.36. The number of nitrogens with zero attached hydrogens (tertiary/aromatic N) is 1. The van der Waals surface area contributed by atoms with Gasteiger partial charge in [0.2, 0.25) is 0 Å².